The van der Waals surface area contributed by atoms with E-state index in [9.17, 15) is 4.79 Å². The van der Waals surface area contributed by atoms with Gasteiger partial charge in [0, 0.05) is 21.6 Å². The van der Waals surface area contributed by atoms with Crippen LogP contribution in [0.25, 0.3) is 0 Å². The number of halogens is 1. The summed E-state index contributed by atoms with van der Waals surface area (Å²) in [6.45, 7) is 6.29. The molecule has 0 atom stereocenters. The number of rotatable bonds is 4. The summed E-state index contributed by atoms with van der Waals surface area (Å²) in [6, 6.07) is 5.80. The summed E-state index contributed by atoms with van der Waals surface area (Å²) >= 11 is 4.84. The first-order chi connectivity index (χ1) is 9.86. The molecular weight excluding hydrogens is 352 g/mol. The van der Waals surface area contributed by atoms with Crippen LogP contribution in [0, 0.1) is 0 Å². The van der Waals surface area contributed by atoms with E-state index < -0.39 is 0 Å². The lowest BCUT2D eigenvalue weighted by molar-refractivity contribution is -0.118. The van der Waals surface area contributed by atoms with Crippen LogP contribution >= 0.6 is 27.3 Å². The minimum Gasteiger partial charge on any atom is -0.483 e. The molecule has 4 nitrogen and oxygen atoms in total. The summed E-state index contributed by atoms with van der Waals surface area (Å²) in [7, 11) is 0. The molecule has 1 heterocycles. The van der Waals surface area contributed by atoms with Crippen LogP contribution in [0.3, 0.4) is 0 Å². The predicted molar refractivity (Wildman–Crippen MR) is 89.1 cm³/mol. The van der Waals surface area contributed by atoms with Gasteiger partial charge in [-0.15, -0.1) is 11.3 Å². The Morgan fingerprint density at radius 2 is 2.19 bits per heavy atom. The fourth-order valence-electron chi connectivity index (χ4n) is 1.80. The number of nitrogens with one attached hydrogen (secondary N) is 1. The van der Waals surface area contributed by atoms with Gasteiger partial charge in [-0.2, -0.15) is 0 Å². The number of aromatic nitrogens is 1. The highest BCUT2D eigenvalue weighted by Gasteiger charge is 2.20. The first-order valence-electron chi connectivity index (χ1n) is 6.48. The molecule has 1 N–H and O–H groups in total. The number of carbonyl (C=O) groups excluding carboxylic acids is 1. The van der Waals surface area contributed by atoms with Crippen LogP contribution in [0.5, 0.6) is 5.75 Å². The largest absolute Gasteiger partial charge is 0.483 e. The van der Waals surface area contributed by atoms with Gasteiger partial charge < -0.3 is 4.74 Å². The number of ether oxygens (including phenoxy) is 1. The van der Waals surface area contributed by atoms with Gasteiger partial charge in [-0.25, -0.2) is 4.98 Å². The molecule has 0 aliphatic carbocycles. The van der Waals surface area contributed by atoms with Crippen LogP contribution in [0.2, 0.25) is 0 Å². The van der Waals surface area contributed by atoms with Gasteiger partial charge in [-0.05, 0) is 23.6 Å². The van der Waals surface area contributed by atoms with Crippen LogP contribution in [0.4, 0.5) is 5.13 Å². The highest BCUT2D eigenvalue weighted by atomic mass is 79.9. The summed E-state index contributed by atoms with van der Waals surface area (Å²) in [4.78, 5) is 15.8. The predicted octanol–water partition coefficient (Wildman–Crippen LogP) is 4.22. The van der Waals surface area contributed by atoms with Crippen molar-refractivity contribution >= 4 is 38.3 Å². The molecule has 0 fully saturated rings. The molecule has 0 aliphatic heterocycles. The highest BCUT2D eigenvalue weighted by Crippen LogP contribution is 2.33. The van der Waals surface area contributed by atoms with Gasteiger partial charge in [-0.1, -0.05) is 36.7 Å². The van der Waals surface area contributed by atoms with E-state index in [1.807, 2.05) is 23.6 Å². The molecule has 1 amide bonds. The maximum Gasteiger partial charge on any atom is 0.264 e. The first kappa shape index (κ1) is 16.0. The van der Waals surface area contributed by atoms with Crippen molar-refractivity contribution in [1.29, 1.82) is 0 Å². The van der Waals surface area contributed by atoms with E-state index in [2.05, 4.69) is 47.0 Å². The number of hydrogen-bond acceptors (Lipinski definition) is 4. The topological polar surface area (TPSA) is 51.2 Å². The van der Waals surface area contributed by atoms with Gasteiger partial charge in [0.05, 0.1) is 0 Å². The van der Waals surface area contributed by atoms with E-state index in [4.69, 9.17) is 4.74 Å². The molecule has 0 spiro atoms. The molecule has 112 valence electrons. The number of hydrogen-bond donors (Lipinski definition) is 1. The van der Waals surface area contributed by atoms with Crippen molar-refractivity contribution in [3.8, 4) is 5.75 Å². The molecule has 1 aromatic heterocycles. The van der Waals surface area contributed by atoms with E-state index in [1.54, 1.807) is 6.20 Å². The van der Waals surface area contributed by atoms with Gasteiger partial charge in [0.1, 0.15) is 5.75 Å². The second kappa shape index (κ2) is 6.58. The van der Waals surface area contributed by atoms with Gasteiger partial charge in [-0.3, -0.25) is 10.1 Å². The normalized spacial score (nSPS) is 11.2. The van der Waals surface area contributed by atoms with Gasteiger partial charge in [0.15, 0.2) is 11.7 Å². The fraction of sp³-hybridized carbons (Fsp3) is 0.333. The average Bonchev–Trinajstić information content (AvgIpc) is 2.89. The zero-order valence-corrected chi connectivity index (χ0v) is 14.5. The Labute approximate surface area is 136 Å². The van der Waals surface area contributed by atoms with Crippen molar-refractivity contribution < 1.29 is 9.53 Å². The zero-order chi connectivity index (χ0) is 15.5. The maximum absolute atomic E-state index is 11.8. The SMILES string of the molecule is CC(C)(C)c1cc(Br)ccc1OCC(=O)Nc1nccs1. The molecule has 21 heavy (non-hydrogen) atoms. The monoisotopic (exact) mass is 368 g/mol. The molecule has 0 saturated heterocycles. The second-order valence-corrected chi connectivity index (χ2v) is 7.37. The lowest BCUT2D eigenvalue weighted by atomic mass is 9.86. The summed E-state index contributed by atoms with van der Waals surface area (Å²) in [5.41, 5.74) is 0.990. The molecule has 2 rings (SSSR count). The minimum atomic E-state index is -0.215. The van der Waals surface area contributed by atoms with Gasteiger partial charge >= 0.3 is 0 Å². The Balaban J connectivity index is 2.04. The Morgan fingerprint density at radius 1 is 1.43 bits per heavy atom. The maximum atomic E-state index is 11.8. The molecule has 0 unspecified atom stereocenters. The van der Waals surface area contributed by atoms with Crippen molar-refractivity contribution in [2.75, 3.05) is 11.9 Å². The van der Waals surface area contributed by atoms with Crippen LogP contribution in [-0.2, 0) is 10.2 Å². The van der Waals surface area contributed by atoms with E-state index >= 15 is 0 Å². The van der Waals surface area contributed by atoms with Crippen LogP contribution < -0.4 is 10.1 Å². The molecule has 0 saturated carbocycles. The Morgan fingerprint density at radius 3 is 2.81 bits per heavy atom. The molecule has 0 aliphatic rings. The van der Waals surface area contributed by atoms with Crippen molar-refractivity contribution in [3.05, 3.63) is 39.8 Å². The molecule has 0 radical (unpaired) electrons. The van der Waals surface area contributed by atoms with E-state index in [-0.39, 0.29) is 17.9 Å². The quantitative estimate of drug-likeness (QED) is 0.878. The Bertz CT molecular complexity index is 621. The number of amides is 1. The van der Waals surface area contributed by atoms with Crippen LogP contribution in [0.15, 0.2) is 34.2 Å². The second-order valence-electron chi connectivity index (χ2n) is 5.56. The van der Waals surface area contributed by atoms with Crippen molar-refractivity contribution in [2.24, 2.45) is 0 Å². The van der Waals surface area contributed by atoms with Crippen LogP contribution in [-0.4, -0.2) is 17.5 Å². The first-order valence-corrected chi connectivity index (χ1v) is 8.16. The third-order valence-corrected chi connectivity index (χ3v) is 3.97. The summed E-state index contributed by atoms with van der Waals surface area (Å²) in [6.07, 6.45) is 1.65. The molecule has 2 aromatic rings. The van der Waals surface area contributed by atoms with E-state index in [0.717, 1.165) is 15.8 Å². The molecule has 1 aromatic carbocycles. The third kappa shape index (κ3) is 4.54. The fourth-order valence-corrected chi connectivity index (χ4v) is 2.70. The summed E-state index contributed by atoms with van der Waals surface area (Å²) < 4.78 is 6.67. The Kier molecular flexibility index (Phi) is 5.00. The molecule has 6 heteroatoms. The summed E-state index contributed by atoms with van der Waals surface area (Å²) in [5, 5.41) is 5.08. The molecular formula is C15H17BrN2O2S. The standard InChI is InChI=1S/C15H17BrN2O2S/c1-15(2,3)11-8-10(16)4-5-12(11)20-9-13(19)18-14-17-6-7-21-14/h4-8H,9H2,1-3H3,(H,17,18,19). The van der Waals surface area contributed by atoms with Crippen molar-refractivity contribution in [3.63, 3.8) is 0 Å². The number of anilines is 1. The minimum absolute atomic E-state index is 0.0374. The highest BCUT2D eigenvalue weighted by molar-refractivity contribution is 9.10. The number of nitrogens with zero attached hydrogens (tertiary/aromatic N) is 1. The smallest absolute Gasteiger partial charge is 0.264 e. The Hall–Kier alpha value is -1.40. The average molecular weight is 369 g/mol. The van der Waals surface area contributed by atoms with Gasteiger partial charge in [0.2, 0.25) is 0 Å². The number of thiazole rings is 1. The molecule has 0 bridgehead atoms. The zero-order valence-electron chi connectivity index (χ0n) is 12.1. The third-order valence-electron chi connectivity index (χ3n) is 2.79. The lowest BCUT2D eigenvalue weighted by Gasteiger charge is -2.23. The van der Waals surface area contributed by atoms with Gasteiger partial charge in [0.25, 0.3) is 5.91 Å². The van der Waals surface area contributed by atoms with Crippen molar-refractivity contribution in [1.82, 2.24) is 4.98 Å². The summed E-state index contributed by atoms with van der Waals surface area (Å²) in [5.74, 6) is 0.507. The van der Waals surface area contributed by atoms with E-state index in [0.29, 0.717) is 5.13 Å². The van der Waals surface area contributed by atoms with Crippen LogP contribution in [0.1, 0.15) is 26.3 Å². The lowest BCUT2D eigenvalue weighted by Crippen LogP contribution is -2.21. The van der Waals surface area contributed by atoms with E-state index in [1.165, 1.54) is 11.3 Å². The number of carbonyl (C=O) groups is 1. The van der Waals surface area contributed by atoms with Crippen molar-refractivity contribution in [2.45, 2.75) is 26.2 Å². The number of benzene rings is 1.